The highest BCUT2D eigenvalue weighted by Gasteiger charge is 2.06. The summed E-state index contributed by atoms with van der Waals surface area (Å²) in [7, 11) is 1.66. The zero-order valence-corrected chi connectivity index (χ0v) is 12.0. The van der Waals surface area contributed by atoms with Crippen molar-refractivity contribution < 1.29 is 9.84 Å². The molecule has 1 atom stereocenters. The van der Waals surface area contributed by atoms with E-state index in [4.69, 9.17) is 4.74 Å². The van der Waals surface area contributed by atoms with E-state index >= 15 is 0 Å². The van der Waals surface area contributed by atoms with Crippen LogP contribution in [0.3, 0.4) is 0 Å². The summed E-state index contributed by atoms with van der Waals surface area (Å²) in [6.07, 6.45) is -0.458. The Morgan fingerprint density at radius 1 is 1.00 bits per heavy atom. The third-order valence-electron chi connectivity index (χ3n) is 3.31. The van der Waals surface area contributed by atoms with Crippen molar-refractivity contribution in [1.82, 2.24) is 5.32 Å². The van der Waals surface area contributed by atoms with Crippen molar-refractivity contribution in [3.05, 3.63) is 54.1 Å². The van der Waals surface area contributed by atoms with Gasteiger partial charge in [-0.05, 0) is 35.4 Å². The second-order valence-corrected chi connectivity index (χ2v) is 4.67. The van der Waals surface area contributed by atoms with E-state index in [0.717, 1.165) is 29.0 Å². The molecule has 0 saturated carbocycles. The Bertz CT molecular complexity index is 520. The number of nitrogens with one attached hydrogen (secondary N) is 1. The zero-order valence-electron chi connectivity index (χ0n) is 12.0. The number of ether oxygens (including phenoxy) is 1. The molecule has 2 rings (SSSR count). The topological polar surface area (TPSA) is 41.5 Å². The maximum Gasteiger partial charge on any atom is 0.118 e. The number of aliphatic hydroxyl groups is 1. The van der Waals surface area contributed by atoms with Crippen molar-refractivity contribution in [2.75, 3.05) is 20.2 Å². The lowest BCUT2D eigenvalue weighted by Gasteiger charge is -2.12. The van der Waals surface area contributed by atoms with Gasteiger partial charge in [-0.3, -0.25) is 0 Å². The molecule has 0 aromatic heterocycles. The van der Waals surface area contributed by atoms with Crippen LogP contribution < -0.4 is 10.1 Å². The molecular weight excluding hydrogens is 250 g/mol. The van der Waals surface area contributed by atoms with E-state index in [1.807, 2.05) is 55.5 Å². The third kappa shape index (κ3) is 3.59. The fourth-order valence-electron chi connectivity index (χ4n) is 2.08. The average molecular weight is 271 g/mol. The van der Waals surface area contributed by atoms with Gasteiger partial charge < -0.3 is 15.2 Å². The lowest BCUT2D eigenvalue weighted by Crippen LogP contribution is -2.20. The Kier molecular flexibility index (Phi) is 5.16. The normalized spacial score (nSPS) is 12.2. The van der Waals surface area contributed by atoms with Crippen LogP contribution in [0.4, 0.5) is 0 Å². The molecule has 1 unspecified atom stereocenters. The van der Waals surface area contributed by atoms with Crippen LogP contribution in [0.2, 0.25) is 0 Å². The highest BCUT2D eigenvalue weighted by molar-refractivity contribution is 5.64. The van der Waals surface area contributed by atoms with Crippen LogP contribution in [0.5, 0.6) is 5.75 Å². The van der Waals surface area contributed by atoms with Crippen LogP contribution in [-0.4, -0.2) is 25.3 Å². The minimum Gasteiger partial charge on any atom is -0.497 e. The summed E-state index contributed by atoms with van der Waals surface area (Å²) in [4.78, 5) is 0. The first kappa shape index (κ1) is 14.6. The molecule has 0 bridgehead atoms. The van der Waals surface area contributed by atoms with Crippen molar-refractivity contribution in [1.29, 1.82) is 0 Å². The number of aliphatic hydroxyl groups excluding tert-OH is 1. The summed E-state index contributed by atoms with van der Waals surface area (Å²) in [6.45, 7) is 3.47. The maximum atomic E-state index is 10.0. The van der Waals surface area contributed by atoms with Gasteiger partial charge >= 0.3 is 0 Å². The second-order valence-electron chi connectivity index (χ2n) is 4.67. The fourth-order valence-corrected chi connectivity index (χ4v) is 2.08. The highest BCUT2D eigenvalue weighted by atomic mass is 16.5. The predicted molar refractivity (Wildman–Crippen MR) is 81.9 cm³/mol. The molecule has 2 aromatic carbocycles. The molecule has 3 heteroatoms. The van der Waals surface area contributed by atoms with Crippen LogP contribution in [0, 0.1) is 0 Å². The SMILES string of the molecule is CCNCC(O)c1ccc(-c2ccc(OC)cc2)cc1. The lowest BCUT2D eigenvalue weighted by molar-refractivity contribution is 0.175. The van der Waals surface area contributed by atoms with Gasteiger partial charge in [0.1, 0.15) is 5.75 Å². The molecule has 0 amide bonds. The van der Waals surface area contributed by atoms with E-state index in [-0.39, 0.29) is 0 Å². The van der Waals surface area contributed by atoms with Gasteiger partial charge in [0.25, 0.3) is 0 Å². The molecule has 0 fully saturated rings. The molecule has 0 aliphatic carbocycles. The summed E-state index contributed by atoms with van der Waals surface area (Å²) in [6, 6.07) is 16.0. The monoisotopic (exact) mass is 271 g/mol. The Balaban J connectivity index is 2.10. The molecule has 106 valence electrons. The van der Waals surface area contributed by atoms with Crippen molar-refractivity contribution in [2.24, 2.45) is 0 Å². The standard InChI is InChI=1S/C17H21NO2/c1-3-18-12-17(19)15-6-4-13(5-7-15)14-8-10-16(20-2)11-9-14/h4-11,17-19H,3,12H2,1-2H3. The van der Waals surface area contributed by atoms with Gasteiger partial charge in [0.15, 0.2) is 0 Å². The number of likely N-dealkylation sites (N-methyl/N-ethyl adjacent to an activating group) is 1. The number of hydrogen-bond acceptors (Lipinski definition) is 3. The Hall–Kier alpha value is -1.84. The summed E-state index contributed by atoms with van der Waals surface area (Å²) in [5.74, 6) is 0.853. The summed E-state index contributed by atoms with van der Waals surface area (Å²) < 4.78 is 5.15. The largest absolute Gasteiger partial charge is 0.497 e. The summed E-state index contributed by atoms with van der Waals surface area (Å²) in [5, 5.41) is 13.1. The van der Waals surface area contributed by atoms with Crippen LogP contribution >= 0.6 is 0 Å². The molecule has 3 nitrogen and oxygen atoms in total. The van der Waals surface area contributed by atoms with Crippen molar-refractivity contribution >= 4 is 0 Å². The minimum absolute atomic E-state index is 0.458. The van der Waals surface area contributed by atoms with Gasteiger partial charge in [0.05, 0.1) is 13.2 Å². The minimum atomic E-state index is -0.458. The Labute approximate surface area is 120 Å². The molecule has 0 aliphatic heterocycles. The van der Waals surface area contributed by atoms with Gasteiger partial charge in [-0.2, -0.15) is 0 Å². The smallest absolute Gasteiger partial charge is 0.118 e. The molecular formula is C17H21NO2. The van der Waals surface area contributed by atoms with Crippen LogP contribution in [0.25, 0.3) is 11.1 Å². The first-order chi connectivity index (χ1) is 9.74. The number of rotatable bonds is 6. The Morgan fingerprint density at radius 2 is 1.55 bits per heavy atom. The van der Waals surface area contributed by atoms with E-state index in [2.05, 4.69) is 5.32 Å². The summed E-state index contributed by atoms with van der Waals surface area (Å²) in [5.41, 5.74) is 3.20. The molecule has 2 N–H and O–H groups in total. The summed E-state index contributed by atoms with van der Waals surface area (Å²) >= 11 is 0. The van der Waals surface area contributed by atoms with E-state index in [0.29, 0.717) is 6.54 Å². The van der Waals surface area contributed by atoms with Crippen LogP contribution in [0.1, 0.15) is 18.6 Å². The number of hydrogen-bond donors (Lipinski definition) is 2. The van der Waals surface area contributed by atoms with E-state index in [9.17, 15) is 5.11 Å². The molecule has 0 saturated heterocycles. The van der Waals surface area contributed by atoms with E-state index in [1.165, 1.54) is 0 Å². The highest BCUT2D eigenvalue weighted by Crippen LogP contribution is 2.24. The van der Waals surface area contributed by atoms with Gasteiger partial charge in [0.2, 0.25) is 0 Å². The molecule has 0 spiro atoms. The molecule has 2 aromatic rings. The third-order valence-corrected chi connectivity index (χ3v) is 3.31. The molecule has 0 aliphatic rings. The lowest BCUT2D eigenvalue weighted by atomic mass is 10.0. The second kappa shape index (κ2) is 7.08. The zero-order chi connectivity index (χ0) is 14.4. The predicted octanol–water partition coefficient (Wildman–Crippen LogP) is 3.01. The average Bonchev–Trinajstić information content (AvgIpc) is 2.53. The quantitative estimate of drug-likeness (QED) is 0.848. The van der Waals surface area contributed by atoms with Gasteiger partial charge in [0, 0.05) is 6.54 Å². The van der Waals surface area contributed by atoms with Crippen molar-refractivity contribution in [3.8, 4) is 16.9 Å². The molecule has 0 heterocycles. The van der Waals surface area contributed by atoms with Crippen molar-refractivity contribution in [3.63, 3.8) is 0 Å². The molecule has 20 heavy (non-hydrogen) atoms. The van der Waals surface area contributed by atoms with Gasteiger partial charge in [-0.25, -0.2) is 0 Å². The van der Waals surface area contributed by atoms with Gasteiger partial charge in [-0.15, -0.1) is 0 Å². The van der Waals surface area contributed by atoms with E-state index in [1.54, 1.807) is 7.11 Å². The van der Waals surface area contributed by atoms with Crippen LogP contribution in [0.15, 0.2) is 48.5 Å². The number of benzene rings is 2. The Morgan fingerprint density at radius 3 is 2.05 bits per heavy atom. The maximum absolute atomic E-state index is 10.0. The van der Waals surface area contributed by atoms with Crippen molar-refractivity contribution in [2.45, 2.75) is 13.0 Å². The first-order valence-electron chi connectivity index (χ1n) is 6.87. The van der Waals surface area contributed by atoms with Gasteiger partial charge in [-0.1, -0.05) is 43.3 Å². The number of methoxy groups -OCH3 is 1. The van der Waals surface area contributed by atoms with Crippen LogP contribution in [-0.2, 0) is 0 Å². The first-order valence-corrected chi connectivity index (χ1v) is 6.87. The fraction of sp³-hybridized carbons (Fsp3) is 0.294. The molecule has 0 radical (unpaired) electrons. The van der Waals surface area contributed by atoms with E-state index < -0.39 is 6.10 Å².